The van der Waals surface area contributed by atoms with E-state index in [1.165, 1.54) is 0 Å². The average molecular weight is 421 g/mol. The van der Waals surface area contributed by atoms with E-state index in [1.807, 2.05) is 18.2 Å². The molecule has 3 aliphatic rings. The zero-order chi connectivity index (χ0) is 18.6. The molecule has 0 N–H and O–H groups in total. The molecule has 0 amide bonds. The predicted octanol–water partition coefficient (Wildman–Crippen LogP) is 4.10. The molecular formula is C20H21BrO5. The Morgan fingerprint density at radius 2 is 2.08 bits per heavy atom. The molecule has 0 saturated heterocycles. The van der Waals surface area contributed by atoms with Gasteiger partial charge in [-0.3, -0.25) is 9.59 Å². The van der Waals surface area contributed by atoms with Gasteiger partial charge in [0, 0.05) is 34.4 Å². The van der Waals surface area contributed by atoms with Gasteiger partial charge in [0.1, 0.15) is 17.4 Å². The maximum Gasteiger partial charge on any atom is 0.317 e. The Bertz CT molecular complexity index is 825. The molecule has 0 fully saturated rings. The molecule has 4 rings (SSSR count). The van der Waals surface area contributed by atoms with E-state index in [0.717, 1.165) is 10.0 Å². The van der Waals surface area contributed by atoms with Crippen LogP contribution in [0.15, 0.2) is 34.0 Å². The number of ether oxygens (including phenoxy) is 3. The second kappa shape index (κ2) is 6.12. The van der Waals surface area contributed by atoms with Crippen LogP contribution in [0.5, 0.6) is 5.75 Å². The minimum Gasteiger partial charge on any atom is -0.466 e. The summed E-state index contributed by atoms with van der Waals surface area (Å²) in [5, 5.41) is 0. The van der Waals surface area contributed by atoms with Gasteiger partial charge < -0.3 is 14.2 Å². The van der Waals surface area contributed by atoms with Crippen molar-refractivity contribution in [3.05, 3.63) is 39.6 Å². The lowest BCUT2D eigenvalue weighted by Gasteiger charge is -2.46. The number of allylic oxidation sites excluding steroid dienone is 2. The molecule has 1 aliphatic carbocycles. The number of hydrogen-bond acceptors (Lipinski definition) is 5. The van der Waals surface area contributed by atoms with Crippen molar-refractivity contribution in [1.29, 1.82) is 0 Å². The number of halogens is 1. The van der Waals surface area contributed by atoms with Crippen LogP contribution in [-0.4, -0.2) is 24.6 Å². The summed E-state index contributed by atoms with van der Waals surface area (Å²) in [6.07, 6.45) is 0.326. The van der Waals surface area contributed by atoms with E-state index in [-0.39, 0.29) is 17.8 Å². The van der Waals surface area contributed by atoms with E-state index in [9.17, 15) is 9.59 Å². The zero-order valence-electron chi connectivity index (χ0n) is 15.0. The van der Waals surface area contributed by atoms with Crippen LogP contribution in [0.3, 0.4) is 0 Å². The molecule has 1 aromatic carbocycles. The summed E-state index contributed by atoms with van der Waals surface area (Å²) < 4.78 is 18.2. The molecule has 138 valence electrons. The highest BCUT2D eigenvalue weighted by Crippen LogP contribution is 2.54. The summed E-state index contributed by atoms with van der Waals surface area (Å²) in [7, 11) is 0. The molecule has 5 nitrogen and oxygen atoms in total. The van der Waals surface area contributed by atoms with Gasteiger partial charge in [-0.15, -0.1) is 0 Å². The molecule has 2 bridgehead atoms. The Hall–Kier alpha value is -1.82. The van der Waals surface area contributed by atoms with Crippen molar-refractivity contribution in [2.75, 3.05) is 6.61 Å². The van der Waals surface area contributed by atoms with Gasteiger partial charge in [-0.25, -0.2) is 0 Å². The van der Waals surface area contributed by atoms with Gasteiger partial charge in [-0.2, -0.15) is 0 Å². The quantitative estimate of drug-likeness (QED) is 0.673. The van der Waals surface area contributed by atoms with Crippen LogP contribution >= 0.6 is 15.9 Å². The minimum absolute atomic E-state index is 0.0434. The highest BCUT2D eigenvalue weighted by Gasteiger charge is 2.54. The van der Waals surface area contributed by atoms with Crippen molar-refractivity contribution in [3.8, 4) is 5.75 Å². The minimum atomic E-state index is -0.770. The smallest absolute Gasteiger partial charge is 0.317 e. The summed E-state index contributed by atoms with van der Waals surface area (Å²) in [6, 6.07) is 5.64. The zero-order valence-corrected chi connectivity index (χ0v) is 16.6. The average Bonchev–Trinajstić information content (AvgIpc) is 2.53. The molecule has 3 atom stereocenters. The van der Waals surface area contributed by atoms with E-state index in [0.29, 0.717) is 29.9 Å². The number of ketones is 1. The molecule has 0 unspecified atom stereocenters. The van der Waals surface area contributed by atoms with Crippen molar-refractivity contribution in [3.63, 3.8) is 0 Å². The first-order valence-electron chi connectivity index (χ1n) is 8.86. The first-order chi connectivity index (χ1) is 12.3. The van der Waals surface area contributed by atoms with Gasteiger partial charge in [0.2, 0.25) is 0 Å². The van der Waals surface area contributed by atoms with Gasteiger partial charge in [-0.1, -0.05) is 29.8 Å². The summed E-state index contributed by atoms with van der Waals surface area (Å²) in [6.45, 7) is 6.14. The van der Waals surface area contributed by atoms with Crippen LogP contribution in [0.4, 0.5) is 0 Å². The number of benzene rings is 1. The third-order valence-corrected chi connectivity index (χ3v) is 5.70. The van der Waals surface area contributed by atoms with Crippen molar-refractivity contribution in [2.45, 2.75) is 45.8 Å². The van der Waals surface area contributed by atoms with Gasteiger partial charge in [-0.05, 0) is 30.5 Å². The Morgan fingerprint density at radius 1 is 1.31 bits per heavy atom. The van der Waals surface area contributed by atoms with E-state index in [2.05, 4.69) is 29.8 Å². The normalized spacial score (nSPS) is 28.5. The topological polar surface area (TPSA) is 61.8 Å². The number of Topliss-reactive ketones (excluding diaryl/α,β-unsaturated/α-hetero) is 1. The fourth-order valence-electron chi connectivity index (χ4n) is 4.21. The van der Waals surface area contributed by atoms with E-state index in [1.54, 1.807) is 6.92 Å². The standard InChI is InChI=1S/C20H21BrO5/c1-4-24-18(23)17-15-11-7-10(21)5-6-13(11)25-19(17)26-14-9-20(2,3)8-12(22)16(14)15/h5-7,15,17,19H,4,8-9H2,1-3H3/t15-,17-,19+/m1/s1. The maximum absolute atomic E-state index is 13.0. The summed E-state index contributed by atoms with van der Waals surface area (Å²) in [5.74, 6) is -0.118. The predicted molar refractivity (Wildman–Crippen MR) is 97.6 cm³/mol. The molecule has 0 aromatic heterocycles. The van der Waals surface area contributed by atoms with Crippen LogP contribution < -0.4 is 4.74 Å². The molecule has 2 heterocycles. The maximum atomic E-state index is 13.0. The van der Waals surface area contributed by atoms with Gasteiger partial charge in [0.15, 0.2) is 5.78 Å². The van der Waals surface area contributed by atoms with E-state index in [4.69, 9.17) is 14.2 Å². The Labute approximate surface area is 160 Å². The third-order valence-electron chi connectivity index (χ3n) is 5.21. The molecule has 6 heteroatoms. The number of esters is 1. The Balaban J connectivity index is 1.89. The number of hydrogen-bond donors (Lipinski definition) is 0. The van der Waals surface area contributed by atoms with Crippen LogP contribution in [0, 0.1) is 11.3 Å². The molecule has 1 aromatic rings. The lowest BCUT2D eigenvalue weighted by atomic mass is 9.67. The Morgan fingerprint density at radius 3 is 2.81 bits per heavy atom. The van der Waals surface area contributed by atoms with E-state index < -0.39 is 24.1 Å². The second-order valence-electron chi connectivity index (χ2n) is 7.82. The summed E-state index contributed by atoms with van der Waals surface area (Å²) >= 11 is 3.49. The highest BCUT2D eigenvalue weighted by atomic mass is 79.9. The van der Waals surface area contributed by atoms with Crippen LogP contribution in [-0.2, 0) is 19.1 Å². The number of rotatable bonds is 2. The summed E-state index contributed by atoms with van der Waals surface area (Å²) in [5.41, 5.74) is 1.28. The fourth-order valence-corrected chi connectivity index (χ4v) is 4.59. The van der Waals surface area contributed by atoms with Crippen LogP contribution in [0.2, 0.25) is 0 Å². The number of fused-ring (bicyclic) bond motifs is 5. The fraction of sp³-hybridized carbons (Fsp3) is 0.500. The summed E-state index contributed by atoms with van der Waals surface area (Å²) in [4.78, 5) is 25.7. The number of carbonyl (C=O) groups is 2. The lowest BCUT2D eigenvalue weighted by molar-refractivity contribution is -0.174. The van der Waals surface area contributed by atoms with Crippen molar-refractivity contribution in [1.82, 2.24) is 0 Å². The first kappa shape index (κ1) is 17.6. The van der Waals surface area contributed by atoms with Gasteiger partial charge in [0.25, 0.3) is 6.29 Å². The third kappa shape index (κ3) is 2.75. The van der Waals surface area contributed by atoms with Crippen molar-refractivity contribution < 1.29 is 23.8 Å². The molecule has 2 aliphatic heterocycles. The number of carbonyl (C=O) groups excluding carboxylic acids is 2. The largest absolute Gasteiger partial charge is 0.466 e. The van der Waals surface area contributed by atoms with Crippen LogP contribution in [0.25, 0.3) is 0 Å². The van der Waals surface area contributed by atoms with Crippen molar-refractivity contribution >= 4 is 27.7 Å². The SMILES string of the molecule is CCOC(=O)[C@@H]1[C@@H]2OC3=C(C(=O)CC(C)(C)C3)[C@H]1c1cc(Br)ccc1O2. The molecule has 0 spiro atoms. The lowest BCUT2D eigenvalue weighted by Crippen LogP contribution is -2.49. The van der Waals surface area contributed by atoms with Crippen LogP contribution in [0.1, 0.15) is 45.1 Å². The van der Waals surface area contributed by atoms with Gasteiger partial charge in [0.05, 0.1) is 6.61 Å². The molecule has 0 saturated carbocycles. The molecule has 0 radical (unpaired) electrons. The Kier molecular flexibility index (Phi) is 4.14. The first-order valence-corrected chi connectivity index (χ1v) is 9.65. The van der Waals surface area contributed by atoms with E-state index >= 15 is 0 Å². The van der Waals surface area contributed by atoms with Crippen molar-refractivity contribution in [2.24, 2.45) is 11.3 Å². The van der Waals surface area contributed by atoms with Gasteiger partial charge >= 0.3 is 5.97 Å². The highest BCUT2D eigenvalue weighted by molar-refractivity contribution is 9.10. The molecule has 26 heavy (non-hydrogen) atoms. The second-order valence-corrected chi connectivity index (χ2v) is 8.74. The molecular weight excluding hydrogens is 400 g/mol. The monoisotopic (exact) mass is 420 g/mol.